The largest absolute Gasteiger partial charge is 0.401 e. The Bertz CT molecular complexity index is 515. The summed E-state index contributed by atoms with van der Waals surface area (Å²) in [5.74, 6) is 4.72. The molecule has 0 saturated heterocycles. The lowest BCUT2D eigenvalue weighted by atomic mass is 10.1. The van der Waals surface area contributed by atoms with Gasteiger partial charge in [-0.3, -0.25) is 4.90 Å². The third-order valence-corrected chi connectivity index (χ3v) is 2.72. The first-order valence-electron chi connectivity index (χ1n) is 6.62. The molecule has 0 fully saturated rings. The fourth-order valence-corrected chi connectivity index (χ4v) is 1.93. The van der Waals surface area contributed by atoms with Gasteiger partial charge in [0.05, 0.1) is 13.1 Å². The second kappa shape index (κ2) is 8.01. The van der Waals surface area contributed by atoms with Crippen molar-refractivity contribution in [3.63, 3.8) is 0 Å². The van der Waals surface area contributed by atoms with E-state index in [-0.39, 0.29) is 25.2 Å². The fraction of sp³-hybridized carbons (Fsp3) is 0.467. The molecular formula is C15H18F4N2. The zero-order chi connectivity index (χ0) is 15.9. The van der Waals surface area contributed by atoms with Crippen LogP contribution in [0.1, 0.15) is 24.5 Å². The monoisotopic (exact) mass is 302 g/mol. The van der Waals surface area contributed by atoms with E-state index in [9.17, 15) is 17.6 Å². The standard InChI is InChI=1S/C15H18F4N2/c1-2-8-21(11-15(17,18)19)10-13-6-5-12(4-3-7-20)9-14(13)16/h5-6,9H,2,7-8,10-11,20H2,1H3. The molecule has 0 aromatic heterocycles. The van der Waals surface area contributed by atoms with Crippen LogP contribution in [0, 0.1) is 17.7 Å². The van der Waals surface area contributed by atoms with Gasteiger partial charge >= 0.3 is 6.18 Å². The highest BCUT2D eigenvalue weighted by atomic mass is 19.4. The van der Waals surface area contributed by atoms with Crippen LogP contribution < -0.4 is 5.73 Å². The number of nitrogens with two attached hydrogens (primary N) is 1. The van der Waals surface area contributed by atoms with Gasteiger partial charge in [-0.25, -0.2) is 4.39 Å². The molecule has 2 N–H and O–H groups in total. The molecule has 0 heterocycles. The van der Waals surface area contributed by atoms with Crippen LogP contribution in [0.5, 0.6) is 0 Å². The van der Waals surface area contributed by atoms with Gasteiger partial charge in [-0.05, 0) is 25.1 Å². The average molecular weight is 302 g/mol. The molecule has 0 aliphatic rings. The molecule has 0 saturated carbocycles. The number of rotatable bonds is 5. The van der Waals surface area contributed by atoms with Crippen LogP contribution in [0.15, 0.2) is 18.2 Å². The van der Waals surface area contributed by atoms with Gasteiger partial charge in [0.2, 0.25) is 0 Å². The van der Waals surface area contributed by atoms with Crippen molar-refractivity contribution in [2.24, 2.45) is 5.73 Å². The molecular weight excluding hydrogens is 284 g/mol. The van der Waals surface area contributed by atoms with E-state index in [0.717, 1.165) is 0 Å². The molecule has 0 aliphatic heterocycles. The summed E-state index contributed by atoms with van der Waals surface area (Å²) in [5, 5.41) is 0. The molecule has 1 aromatic rings. The van der Waals surface area contributed by atoms with E-state index in [1.807, 2.05) is 0 Å². The van der Waals surface area contributed by atoms with Crippen LogP contribution in [0.4, 0.5) is 17.6 Å². The lowest BCUT2D eigenvalue weighted by Gasteiger charge is -2.23. The summed E-state index contributed by atoms with van der Waals surface area (Å²) in [6.45, 7) is 1.08. The topological polar surface area (TPSA) is 29.3 Å². The third-order valence-electron chi connectivity index (χ3n) is 2.72. The maximum absolute atomic E-state index is 13.9. The first-order chi connectivity index (χ1) is 9.85. The van der Waals surface area contributed by atoms with E-state index in [1.54, 1.807) is 13.0 Å². The Morgan fingerprint density at radius 1 is 1.29 bits per heavy atom. The summed E-state index contributed by atoms with van der Waals surface area (Å²) < 4.78 is 51.3. The first kappa shape index (κ1) is 17.5. The van der Waals surface area contributed by atoms with Crippen LogP contribution in [0.3, 0.4) is 0 Å². The van der Waals surface area contributed by atoms with Crippen molar-refractivity contribution in [2.45, 2.75) is 26.1 Å². The molecule has 0 unspecified atom stereocenters. The summed E-state index contributed by atoms with van der Waals surface area (Å²) in [4.78, 5) is 1.18. The Morgan fingerprint density at radius 2 is 2.00 bits per heavy atom. The van der Waals surface area contributed by atoms with E-state index in [2.05, 4.69) is 11.8 Å². The fourth-order valence-electron chi connectivity index (χ4n) is 1.93. The molecule has 21 heavy (non-hydrogen) atoms. The normalized spacial score (nSPS) is 11.4. The molecule has 0 amide bonds. The number of hydrogen-bond acceptors (Lipinski definition) is 2. The number of alkyl halides is 3. The summed E-state index contributed by atoms with van der Waals surface area (Å²) >= 11 is 0. The Labute approximate surface area is 121 Å². The maximum Gasteiger partial charge on any atom is 0.401 e. The molecule has 2 nitrogen and oxygen atoms in total. The molecule has 0 radical (unpaired) electrons. The number of halogens is 4. The summed E-state index contributed by atoms with van der Waals surface area (Å²) in [7, 11) is 0. The molecule has 1 rings (SSSR count). The minimum atomic E-state index is -4.29. The minimum absolute atomic E-state index is 0.0796. The van der Waals surface area contributed by atoms with Crippen LogP contribution in [-0.4, -0.2) is 30.7 Å². The van der Waals surface area contributed by atoms with E-state index in [1.165, 1.54) is 17.0 Å². The van der Waals surface area contributed by atoms with Gasteiger partial charge in [0.1, 0.15) is 5.82 Å². The molecule has 0 aliphatic carbocycles. The highest BCUT2D eigenvalue weighted by Crippen LogP contribution is 2.19. The van der Waals surface area contributed by atoms with Gasteiger partial charge in [0.25, 0.3) is 0 Å². The predicted molar refractivity (Wildman–Crippen MR) is 74.0 cm³/mol. The zero-order valence-electron chi connectivity index (χ0n) is 11.8. The van der Waals surface area contributed by atoms with E-state index in [0.29, 0.717) is 12.0 Å². The van der Waals surface area contributed by atoms with Gasteiger partial charge in [0.15, 0.2) is 0 Å². The lowest BCUT2D eigenvalue weighted by molar-refractivity contribution is -0.147. The van der Waals surface area contributed by atoms with E-state index < -0.39 is 18.5 Å². The van der Waals surface area contributed by atoms with Gasteiger partial charge in [0, 0.05) is 17.7 Å². The van der Waals surface area contributed by atoms with Crippen LogP contribution >= 0.6 is 0 Å². The summed E-state index contributed by atoms with van der Waals surface area (Å²) in [6.07, 6.45) is -3.73. The zero-order valence-corrected chi connectivity index (χ0v) is 11.8. The molecule has 116 valence electrons. The molecule has 0 spiro atoms. The number of benzene rings is 1. The van der Waals surface area contributed by atoms with Gasteiger partial charge in [-0.1, -0.05) is 24.8 Å². The maximum atomic E-state index is 13.9. The number of hydrogen-bond donors (Lipinski definition) is 1. The van der Waals surface area contributed by atoms with E-state index >= 15 is 0 Å². The van der Waals surface area contributed by atoms with Gasteiger partial charge in [-0.15, -0.1) is 0 Å². The molecule has 0 atom stereocenters. The predicted octanol–water partition coefficient (Wildman–Crippen LogP) is 2.91. The second-order valence-electron chi connectivity index (χ2n) is 4.64. The Balaban J connectivity index is 2.84. The van der Waals surface area contributed by atoms with Crippen molar-refractivity contribution in [1.29, 1.82) is 0 Å². The van der Waals surface area contributed by atoms with Crippen LogP contribution in [-0.2, 0) is 6.54 Å². The Morgan fingerprint density at radius 3 is 2.52 bits per heavy atom. The highest BCUT2D eigenvalue weighted by molar-refractivity contribution is 5.37. The first-order valence-corrected chi connectivity index (χ1v) is 6.62. The van der Waals surface area contributed by atoms with Crippen molar-refractivity contribution < 1.29 is 17.6 Å². The SMILES string of the molecule is CCCN(Cc1ccc(C#CCN)cc1F)CC(F)(F)F. The molecule has 6 heteroatoms. The van der Waals surface area contributed by atoms with Crippen molar-refractivity contribution in [2.75, 3.05) is 19.6 Å². The average Bonchev–Trinajstić information content (AvgIpc) is 2.37. The number of nitrogens with zero attached hydrogens (tertiary/aromatic N) is 1. The Hall–Kier alpha value is -1.58. The molecule has 0 bridgehead atoms. The highest BCUT2D eigenvalue weighted by Gasteiger charge is 2.30. The van der Waals surface area contributed by atoms with Crippen LogP contribution in [0.25, 0.3) is 0 Å². The third kappa shape index (κ3) is 6.61. The Kier molecular flexibility index (Phi) is 6.66. The van der Waals surface area contributed by atoms with Gasteiger partial charge in [-0.2, -0.15) is 13.2 Å². The minimum Gasteiger partial charge on any atom is -0.320 e. The summed E-state index contributed by atoms with van der Waals surface area (Å²) in [5.41, 5.74) is 5.91. The smallest absolute Gasteiger partial charge is 0.320 e. The lowest BCUT2D eigenvalue weighted by Crippen LogP contribution is -2.34. The van der Waals surface area contributed by atoms with E-state index in [4.69, 9.17) is 5.73 Å². The quantitative estimate of drug-likeness (QED) is 0.669. The van der Waals surface area contributed by atoms with Crippen molar-refractivity contribution >= 4 is 0 Å². The van der Waals surface area contributed by atoms with Gasteiger partial charge < -0.3 is 5.73 Å². The second-order valence-corrected chi connectivity index (χ2v) is 4.64. The van der Waals surface area contributed by atoms with Crippen molar-refractivity contribution in [1.82, 2.24) is 4.90 Å². The summed E-state index contributed by atoms with van der Waals surface area (Å²) in [6, 6.07) is 4.27. The van der Waals surface area contributed by atoms with Crippen molar-refractivity contribution in [3.05, 3.63) is 35.1 Å². The van der Waals surface area contributed by atoms with Crippen molar-refractivity contribution in [3.8, 4) is 11.8 Å². The molecule has 1 aromatic carbocycles. The van der Waals surface area contributed by atoms with Crippen LogP contribution in [0.2, 0.25) is 0 Å².